The van der Waals surface area contributed by atoms with Gasteiger partial charge in [-0.1, -0.05) is 41.9 Å². The van der Waals surface area contributed by atoms with E-state index in [1.54, 1.807) is 4.90 Å². The second-order valence-electron chi connectivity index (χ2n) is 4.64. The minimum atomic E-state index is -0.0312. The van der Waals surface area contributed by atoms with Crippen molar-refractivity contribution in [2.24, 2.45) is 0 Å². The number of benzene rings is 2. The van der Waals surface area contributed by atoms with Crippen LogP contribution >= 0.6 is 11.6 Å². The molecule has 0 bridgehead atoms. The number of nitrogens with zero attached hydrogens (tertiary/aromatic N) is 1. The third kappa shape index (κ3) is 4.80. The lowest BCUT2D eigenvalue weighted by Crippen LogP contribution is -2.34. The van der Waals surface area contributed by atoms with Gasteiger partial charge in [-0.15, -0.1) is 0 Å². The lowest BCUT2D eigenvalue weighted by atomic mass is 10.2. The van der Waals surface area contributed by atoms with Crippen LogP contribution in [0.5, 0.6) is 5.75 Å². The molecule has 0 unspecified atom stereocenters. The number of para-hydroxylation sites is 1. The number of hydrogen-bond acceptors (Lipinski definition) is 2. The number of likely N-dealkylation sites (N-methyl/N-ethyl adjacent to an activating group) is 1. The molecule has 0 N–H and O–H groups in total. The monoisotopic (exact) mass is 303 g/mol. The molecule has 0 aromatic heterocycles. The van der Waals surface area contributed by atoms with Crippen molar-refractivity contribution in [2.75, 3.05) is 13.2 Å². The Kier molecular flexibility index (Phi) is 5.64. The smallest absolute Gasteiger partial charge is 0.260 e. The van der Waals surface area contributed by atoms with Gasteiger partial charge in [-0.2, -0.15) is 0 Å². The molecule has 0 saturated carbocycles. The van der Waals surface area contributed by atoms with Crippen molar-refractivity contribution in [1.29, 1.82) is 0 Å². The zero-order valence-corrected chi connectivity index (χ0v) is 12.7. The van der Waals surface area contributed by atoms with Crippen LogP contribution in [0.1, 0.15) is 12.5 Å². The molecular weight excluding hydrogens is 286 g/mol. The third-order valence-corrected chi connectivity index (χ3v) is 3.38. The molecule has 2 rings (SSSR count). The van der Waals surface area contributed by atoms with E-state index in [9.17, 15) is 4.79 Å². The summed E-state index contributed by atoms with van der Waals surface area (Å²) in [6.07, 6.45) is 0. The van der Waals surface area contributed by atoms with Crippen molar-refractivity contribution in [3.63, 3.8) is 0 Å². The summed E-state index contributed by atoms with van der Waals surface area (Å²) in [4.78, 5) is 13.9. The van der Waals surface area contributed by atoms with Gasteiger partial charge in [0.05, 0.1) is 0 Å². The van der Waals surface area contributed by atoms with E-state index in [0.29, 0.717) is 23.9 Å². The first kappa shape index (κ1) is 15.4. The van der Waals surface area contributed by atoms with Gasteiger partial charge in [0.25, 0.3) is 5.91 Å². The van der Waals surface area contributed by atoms with E-state index in [1.165, 1.54) is 0 Å². The van der Waals surface area contributed by atoms with Crippen molar-refractivity contribution >= 4 is 17.5 Å². The Morgan fingerprint density at radius 3 is 2.38 bits per heavy atom. The summed E-state index contributed by atoms with van der Waals surface area (Å²) in [5, 5.41) is 0.695. The second-order valence-corrected chi connectivity index (χ2v) is 5.07. The number of ether oxygens (including phenoxy) is 1. The van der Waals surface area contributed by atoms with Gasteiger partial charge in [-0.3, -0.25) is 4.79 Å². The van der Waals surface area contributed by atoms with Crippen LogP contribution in [0.4, 0.5) is 0 Å². The predicted molar refractivity (Wildman–Crippen MR) is 84.5 cm³/mol. The highest BCUT2D eigenvalue weighted by molar-refractivity contribution is 6.30. The molecule has 1 amide bonds. The van der Waals surface area contributed by atoms with E-state index in [0.717, 1.165) is 5.56 Å². The Balaban J connectivity index is 1.90. The number of rotatable bonds is 6. The lowest BCUT2D eigenvalue weighted by molar-refractivity contribution is -0.133. The summed E-state index contributed by atoms with van der Waals surface area (Å²) < 4.78 is 5.50. The van der Waals surface area contributed by atoms with Gasteiger partial charge in [-0.05, 0) is 36.8 Å². The maximum atomic E-state index is 12.2. The Morgan fingerprint density at radius 1 is 1.10 bits per heavy atom. The molecule has 0 heterocycles. The highest BCUT2D eigenvalue weighted by Gasteiger charge is 2.12. The summed E-state index contributed by atoms with van der Waals surface area (Å²) in [6, 6.07) is 16.9. The minimum Gasteiger partial charge on any atom is -0.484 e. The average molecular weight is 304 g/mol. The Hall–Kier alpha value is -2.00. The third-order valence-electron chi connectivity index (χ3n) is 3.13. The Bertz CT molecular complexity index is 569. The van der Waals surface area contributed by atoms with Crippen molar-refractivity contribution in [3.8, 4) is 5.75 Å². The molecule has 0 atom stereocenters. The molecule has 0 aliphatic rings. The predicted octanol–water partition coefficient (Wildman–Crippen LogP) is 3.77. The molecule has 2 aromatic carbocycles. The van der Waals surface area contributed by atoms with Gasteiger partial charge in [0.15, 0.2) is 6.61 Å². The van der Waals surface area contributed by atoms with Crippen LogP contribution in [0, 0.1) is 0 Å². The molecule has 21 heavy (non-hydrogen) atoms. The highest BCUT2D eigenvalue weighted by Crippen LogP contribution is 2.12. The standard InChI is InChI=1S/C17H18ClNO2/c1-2-19(12-14-8-10-15(18)11-9-14)17(20)13-21-16-6-4-3-5-7-16/h3-11H,2,12-13H2,1H3. The molecule has 0 fully saturated rings. The molecule has 0 saturated heterocycles. The maximum absolute atomic E-state index is 12.2. The number of carbonyl (C=O) groups excluding carboxylic acids is 1. The van der Waals surface area contributed by atoms with Gasteiger partial charge in [0, 0.05) is 18.1 Å². The minimum absolute atomic E-state index is 0.0312. The summed E-state index contributed by atoms with van der Waals surface area (Å²) in [5.74, 6) is 0.671. The van der Waals surface area contributed by atoms with Crippen LogP contribution in [-0.4, -0.2) is 24.0 Å². The van der Waals surface area contributed by atoms with Crippen LogP contribution in [0.2, 0.25) is 5.02 Å². The van der Waals surface area contributed by atoms with Crippen molar-refractivity contribution in [3.05, 3.63) is 65.2 Å². The van der Waals surface area contributed by atoms with Crippen molar-refractivity contribution in [1.82, 2.24) is 4.90 Å². The van der Waals surface area contributed by atoms with Crippen molar-refractivity contribution in [2.45, 2.75) is 13.5 Å². The fourth-order valence-corrected chi connectivity index (χ4v) is 2.07. The van der Waals surface area contributed by atoms with E-state index < -0.39 is 0 Å². The fraction of sp³-hybridized carbons (Fsp3) is 0.235. The first-order valence-corrected chi connectivity index (χ1v) is 7.27. The Morgan fingerprint density at radius 2 is 1.76 bits per heavy atom. The molecular formula is C17H18ClNO2. The number of hydrogen-bond donors (Lipinski definition) is 0. The molecule has 0 radical (unpaired) electrons. The maximum Gasteiger partial charge on any atom is 0.260 e. The van der Waals surface area contributed by atoms with Crippen molar-refractivity contribution < 1.29 is 9.53 Å². The zero-order valence-electron chi connectivity index (χ0n) is 12.0. The van der Waals surface area contributed by atoms with E-state index in [1.807, 2.05) is 61.5 Å². The van der Waals surface area contributed by atoms with Crippen LogP contribution in [0.15, 0.2) is 54.6 Å². The highest BCUT2D eigenvalue weighted by atomic mass is 35.5. The number of carbonyl (C=O) groups is 1. The van der Waals surface area contributed by atoms with Crippen LogP contribution in [0.25, 0.3) is 0 Å². The van der Waals surface area contributed by atoms with E-state index in [4.69, 9.17) is 16.3 Å². The van der Waals surface area contributed by atoms with Gasteiger partial charge in [0.2, 0.25) is 0 Å². The number of amides is 1. The first-order valence-electron chi connectivity index (χ1n) is 6.89. The van der Waals surface area contributed by atoms with Crippen LogP contribution in [0.3, 0.4) is 0 Å². The zero-order chi connectivity index (χ0) is 15.1. The normalized spacial score (nSPS) is 10.2. The molecule has 110 valence electrons. The molecule has 0 aliphatic heterocycles. The van der Waals surface area contributed by atoms with Gasteiger partial charge in [0.1, 0.15) is 5.75 Å². The largest absolute Gasteiger partial charge is 0.484 e. The first-order chi connectivity index (χ1) is 10.2. The summed E-state index contributed by atoms with van der Waals surface area (Å²) in [7, 11) is 0. The summed E-state index contributed by atoms with van der Waals surface area (Å²) in [6.45, 7) is 3.20. The fourth-order valence-electron chi connectivity index (χ4n) is 1.94. The topological polar surface area (TPSA) is 29.5 Å². The Labute approximate surface area is 130 Å². The molecule has 0 spiro atoms. The lowest BCUT2D eigenvalue weighted by Gasteiger charge is -2.21. The van der Waals surface area contributed by atoms with Gasteiger partial charge in [-0.25, -0.2) is 0 Å². The molecule has 3 nitrogen and oxygen atoms in total. The molecule has 2 aromatic rings. The molecule has 4 heteroatoms. The quantitative estimate of drug-likeness (QED) is 0.813. The SMILES string of the molecule is CCN(Cc1ccc(Cl)cc1)C(=O)COc1ccccc1. The molecule has 0 aliphatic carbocycles. The van der Waals surface area contributed by atoms with Crippen LogP contribution < -0.4 is 4.74 Å². The summed E-state index contributed by atoms with van der Waals surface area (Å²) in [5.41, 5.74) is 1.05. The van der Waals surface area contributed by atoms with E-state index in [2.05, 4.69) is 0 Å². The van der Waals surface area contributed by atoms with Crippen LogP contribution in [-0.2, 0) is 11.3 Å². The van der Waals surface area contributed by atoms with Gasteiger partial charge < -0.3 is 9.64 Å². The average Bonchev–Trinajstić information content (AvgIpc) is 2.53. The van der Waals surface area contributed by atoms with Gasteiger partial charge >= 0.3 is 0 Å². The summed E-state index contributed by atoms with van der Waals surface area (Å²) >= 11 is 5.86. The second kappa shape index (κ2) is 7.70. The van der Waals surface area contributed by atoms with E-state index in [-0.39, 0.29) is 12.5 Å². The number of halogens is 1. The van der Waals surface area contributed by atoms with E-state index >= 15 is 0 Å².